The highest BCUT2D eigenvalue weighted by Crippen LogP contribution is 2.43. The molecule has 0 aromatic rings. The summed E-state index contributed by atoms with van der Waals surface area (Å²) in [6.45, 7) is 0. The highest BCUT2D eigenvalue weighted by atomic mass is 32.1. The van der Waals surface area contributed by atoms with E-state index in [-0.39, 0.29) is 6.42 Å². The molecule has 14 heavy (non-hydrogen) atoms. The van der Waals surface area contributed by atoms with Crippen molar-refractivity contribution in [3.8, 4) is 0 Å². The van der Waals surface area contributed by atoms with Crippen molar-refractivity contribution in [1.82, 2.24) is 0 Å². The van der Waals surface area contributed by atoms with E-state index in [2.05, 4.69) is 25.3 Å². The molecule has 6 heteroatoms. The Morgan fingerprint density at radius 1 is 1.21 bits per heavy atom. The third-order valence-corrected chi connectivity index (χ3v) is 4.01. The lowest BCUT2D eigenvalue weighted by Gasteiger charge is -2.38. The van der Waals surface area contributed by atoms with E-state index in [1.807, 2.05) is 0 Å². The molecule has 0 fully saturated rings. The van der Waals surface area contributed by atoms with Crippen LogP contribution in [0, 0.1) is 0 Å². The Kier molecular flexibility index (Phi) is 2.87. The predicted molar refractivity (Wildman–Crippen MR) is 57.1 cm³/mol. The van der Waals surface area contributed by atoms with Crippen molar-refractivity contribution >= 4 is 37.2 Å². The zero-order chi connectivity index (χ0) is 11.0. The smallest absolute Gasteiger partial charge is 0.325 e. The van der Waals surface area contributed by atoms with Gasteiger partial charge < -0.3 is 10.2 Å². The minimum Gasteiger partial charge on any atom is -0.480 e. The number of hydrogen-bond donors (Lipinski definition) is 4. The standard InChI is InChI=1S/C8H10O4S2/c9-5(10)7(13)3-1-2-4-8(7,14)6(11)12/h1,3,13-14H,2,4H2,(H,9,10)(H,11,12). The molecule has 1 aliphatic rings. The molecular formula is C8H10O4S2. The molecule has 0 saturated heterocycles. The molecule has 2 N–H and O–H groups in total. The predicted octanol–water partition coefficient (Wildman–Crippen LogP) is 0.843. The maximum absolute atomic E-state index is 11.0. The molecule has 0 aliphatic heterocycles. The third-order valence-electron chi connectivity index (χ3n) is 2.34. The van der Waals surface area contributed by atoms with Crippen molar-refractivity contribution in [1.29, 1.82) is 0 Å². The highest BCUT2D eigenvalue weighted by molar-refractivity contribution is 7.88. The van der Waals surface area contributed by atoms with Crippen molar-refractivity contribution in [3.63, 3.8) is 0 Å². The van der Waals surface area contributed by atoms with E-state index in [1.165, 1.54) is 6.08 Å². The van der Waals surface area contributed by atoms with Crippen LogP contribution in [0.5, 0.6) is 0 Å². The van der Waals surface area contributed by atoms with Crippen LogP contribution < -0.4 is 0 Å². The van der Waals surface area contributed by atoms with Crippen LogP contribution in [0.1, 0.15) is 12.8 Å². The minimum atomic E-state index is -1.75. The molecular weight excluding hydrogens is 224 g/mol. The molecule has 0 heterocycles. The third kappa shape index (κ3) is 1.42. The van der Waals surface area contributed by atoms with Crippen LogP contribution in [0.15, 0.2) is 12.2 Å². The number of aliphatic carboxylic acids is 2. The molecule has 4 nitrogen and oxygen atoms in total. The summed E-state index contributed by atoms with van der Waals surface area (Å²) >= 11 is 7.88. The first kappa shape index (κ1) is 11.5. The Morgan fingerprint density at radius 3 is 2.14 bits per heavy atom. The minimum absolute atomic E-state index is 0.151. The number of allylic oxidation sites excluding steroid dienone is 1. The molecule has 0 aromatic heterocycles. The molecule has 78 valence electrons. The molecule has 0 aromatic carbocycles. The lowest BCUT2D eigenvalue weighted by molar-refractivity contribution is -0.148. The molecule has 1 rings (SSSR count). The Morgan fingerprint density at radius 2 is 1.79 bits per heavy atom. The van der Waals surface area contributed by atoms with Gasteiger partial charge in [0.2, 0.25) is 0 Å². The van der Waals surface area contributed by atoms with E-state index in [4.69, 9.17) is 10.2 Å². The van der Waals surface area contributed by atoms with E-state index in [1.54, 1.807) is 6.08 Å². The van der Waals surface area contributed by atoms with E-state index in [0.717, 1.165) is 0 Å². The molecule has 0 amide bonds. The molecule has 0 saturated carbocycles. The van der Waals surface area contributed by atoms with Gasteiger partial charge in [-0.1, -0.05) is 12.2 Å². The van der Waals surface area contributed by atoms with Gasteiger partial charge in [0.05, 0.1) is 0 Å². The number of carboxylic acid groups (broad SMARTS) is 2. The zero-order valence-corrected chi connectivity index (χ0v) is 8.96. The van der Waals surface area contributed by atoms with Gasteiger partial charge in [0.25, 0.3) is 0 Å². The largest absolute Gasteiger partial charge is 0.480 e. The number of carbonyl (C=O) groups is 2. The van der Waals surface area contributed by atoms with Crippen molar-refractivity contribution < 1.29 is 19.8 Å². The van der Waals surface area contributed by atoms with Gasteiger partial charge >= 0.3 is 11.9 Å². The number of thiol groups is 2. The first-order valence-electron chi connectivity index (χ1n) is 3.94. The van der Waals surface area contributed by atoms with Gasteiger partial charge in [0.15, 0.2) is 4.75 Å². The average Bonchev–Trinajstić information content (AvgIpc) is 2.09. The van der Waals surface area contributed by atoms with Crippen LogP contribution in [0.4, 0.5) is 0 Å². The monoisotopic (exact) mass is 234 g/mol. The quantitative estimate of drug-likeness (QED) is 0.422. The second-order valence-corrected chi connectivity index (χ2v) is 4.65. The molecule has 1 aliphatic carbocycles. The zero-order valence-electron chi connectivity index (χ0n) is 7.17. The number of rotatable bonds is 2. The molecule has 0 spiro atoms. The normalized spacial score (nSPS) is 36.7. The lowest BCUT2D eigenvalue weighted by atomic mass is 9.82. The van der Waals surface area contributed by atoms with Crippen molar-refractivity contribution in [2.24, 2.45) is 0 Å². The van der Waals surface area contributed by atoms with Gasteiger partial charge in [-0.25, -0.2) is 0 Å². The maximum Gasteiger partial charge on any atom is 0.325 e. The van der Waals surface area contributed by atoms with Crippen molar-refractivity contribution in [3.05, 3.63) is 12.2 Å². The summed E-state index contributed by atoms with van der Waals surface area (Å²) in [6.07, 6.45) is 3.53. The van der Waals surface area contributed by atoms with E-state index < -0.39 is 21.4 Å². The molecule has 2 unspecified atom stereocenters. The van der Waals surface area contributed by atoms with E-state index in [0.29, 0.717) is 6.42 Å². The summed E-state index contributed by atoms with van der Waals surface area (Å²) < 4.78 is -3.41. The first-order valence-corrected chi connectivity index (χ1v) is 4.83. The molecule has 2 atom stereocenters. The Balaban J connectivity index is 3.24. The first-order chi connectivity index (χ1) is 6.34. The second-order valence-electron chi connectivity index (χ2n) is 3.18. The van der Waals surface area contributed by atoms with Gasteiger partial charge in [0.1, 0.15) is 4.75 Å². The summed E-state index contributed by atoms with van der Waals surface area (Å²) in [7, 11) is 0. The fraction of sp³-hybridized carbons (Fsp3) is 0.500. The van der Waals surface area contributed by atoms with Crippen LogP contribution >= 0.6 is 25.3 Å². The SMILES string of the molecule is O=C(O)C1(S)C=CCCC1(S)C(=O)O. The van der Waals surface area contributed by atoms with Gasteiger partial charge in [-0.2, -0.15) is 25.3 Å². The number of carboxylic acids is 2. The number of hydrogen-bond acceptors (Lipinski definition) is 4. The second kappa shape index (κ2) is 3.51. The maximum atomic E-state index is 11.0. The summed E-state index contributed by atoms with van der Waals surface area (Å²) in [6, 6.07) is 0. The fourth-order valence-electron chi connectivity index (χ4n) is 1.39. The van der Waals surface area contributed by atoms with Crippen LogP contribution in [0.2, 0.25) is 0 Å². The summed E-state index contributed by atoms with van der Waals surface area (Å²) in [5, 5.41) is 17.9. The highest BCUT2D eigenvalue weighted by Gasteiger charge is 2.57. The Hall–Kier alpha value is -0.620. The lowest BCUT2D eigenvalue weighted by Crippen LogP contribution is -2.56. The van der Waals surface area contributed by atoms with Crippen molar-refractivity contribution in [2.75, 3.05) is 0 Å². The summed E-state index contributed by atoms with van der Waals surface area (Å²) in [4.78, 5) is 21.9. The van der Waals surface area contributed by atoms with Crippen molar-refractivity contribution in [2.45, 2.75) is 22.3 Å². The van der Waals surface area contributed by atoms with E-state index in [9.17, 15) is 9.59 Å². The molecule has 0 bridgehead atoms. The molecule has 0 radical (unpaired) electrons. The Labute approximate surface area is 91.8 Å². The summed E-state index contributed by atoms with van der Waals surface area (Å²) in [5.74, 6) is -2.56. The van der Waals surface area contributed by atoms with Gasteiger partial charge in [-0.3, -0.25) is 9.59 Å². The Bertz CT molecular complexity index is 314. The topological polar surface area (TPSA) is 74.6 Å². The van der Waals surface area contributed by atoms with Crippen LogP contribution in [0.3, 0.4) is 0 Å². The van der Waals surface area contributed by atoms with Crippen LogP contribution in [0.25, 0.3) is 0 Å². The van der Waals surface area contributed by atoms with Crippen LogP contribution in [-0.4, -0.2) is 31.6 Å². The van der Waals surface area contributed by atoms with Gasteiger partial charge in [-0.15, -0.1) is 0 Å². The van der Waals surface area contributed by atoms with Gasteiger partial charge in [0, 0.05) is 0 Å². The fourth-order valence-corrected chi connectivity index (χ4v) is 2.00. The van der Waals surface area contributed by atoms with E-state index >= 15 is 0 Å². The van der Waals surface area contributed by atoms with Crippen LogP contribution in [-0.2, 0) is 9.59 Å². The summed E-state index contributed by atoms with van der Waals surface area (Å²) in [5.41, 5.74) is 0. The van der Waals surface area contributed by atoms with Gasteiger partial charge in [-0.05, 0) is 12.8 Å². The average molecular weight is 234 g/mol.